The molecule has 0 radical (unpaired) electrons. The first kappa shape index (κ1) is 20.5. The molecule has 0 spiro atoms. The minimum atomic E-state index is -0.982. The number of hydrogen-bond acceptors (Lipinski definition) is 6. The van der Waals surface area contributed by atoms with Crippen LogP contribution in [0.4, 0.5) is 6.01 Å². The number of nitrogens with zero attached hydrogens (tertiary/aromatic N) is 2. The second kappa shape index (κ2) is 8.93. The van der Waals surface area contributed by atoms with Crippen LogP contribution in [-0.2, 0) is 6.54 Å². The van der Waals surface area contributed by atoms with Crippen LogP contribution < -0.4 is 10.1 Å². The summed E-state index contributed by atoms with van der Waals surface area (Å²) in [6.45, 7) is 5.29. The molecule has 2 heterocycles. The summed E-state index contributed by atoms with van der Waals surface area (Å²) >= 11 is 6.18. The van der Waals surface area contributed by atoms with Crippen LogP contribution in [0.25, 0.3) is 11.1 Å². The van der Waals surface area contributed by atoms with Crippen molar-refractivity contribution in [3.05, 3.63) is 52.5 Å². The molecule has 0 amide bonds. The van der Waals surface area contributed by atoms with Gasteiger partial charge >= 0.3 is 5.97 Å². The van der Waals surface area contributed by atoms with Gasteiger partial charge in [-0.25, -0.2) is 4.79 Å². The van der Waals surface area contributed by atoms with Gasteiger partial charge in [-0.15, -0.1) is 0 Å². The number of likely N-dealkylation sites (tertiary alicyclic amines) is 1. The Morgan fingerprint density at radius 3 is 2.83 bits per heavy atom. The largest absolute Gasteiger partial charge is 0.492 e. The zero-order valence-corrected chi connectivity index (χ0v) is 17.5. The van der Waals surface area contributed by atoms with E-state index in [1.54, 1.807) is 6.07 Å². The molecule has 2 N–H and O–H groups in total. The first-order chi connectivity index (χ1) is 14.5. The van der Waals surface area contributed by atoms with Crippen LogP contribution >= 0.6 is 11.6 Å². The van der Waals surface area contributed by atoms with Crippen LogP contribution in [0.5, 0.6) is 5.75 Å². The molecule has 3 aromatic rings. The van der Waals surface area contributed by atoms with Gasteiger partial charge in [0.1, 0.15) is 11.3 Å². The summed E-state index contributed by atoms with van der Waals surface area (Å²) in [5.74, 6) is -0.250. The van der Waals surface area contributed by atoms with Gasteiger partial charge in [0.25, 0.3) is 6.01 Å². The molecule has 2 aromatic carbocycles. The summed E-state index contributed by atoms with van der Waals surface area (Å²) in [4.78, 5) is 17.9. The highest BCUT2D eigenvalue weighted by molar-refractivity contribution is 6.32. The lowest BCUT2D eigenvalue weighted by Gasteiger charge is -2.32. The summed E-state index contributed by atoms with van der Waals surface area (Å²) in [5.41, 5.74) is 2.49. The van der Waals surface area contributed by atoms with Crippen LogP contribution in [0, 0.1) is 0 Å². The maximum absolute atomic E-state index is 11.1. The number of carboxylic acids is 1. The molecule has 0 bridgehead atoms. The van der Waals surface area contributed by atoms with E-state index in [0.29, 0.717) is 28.7 Å². The maximum atomic E-state index is 11.1. The van der Waals surface area contributed by atoms with Crippen LogP contribution in [0.2, 0.25) is 5.02 Å². The molecule has 158 valence electrons. The van der Waals surface area contributed by atoms with Gasteiger partial charge in [-0.1, -0.05) is 17.7 Å². The van der Waals surface area contributed by atoms with Gasteiger partial charge in [-0.05, 0) is 55.7 Å². The Bertz CT molecular complexity index is 1040. The lowest BCUT2D eigenvalue weighted by Crippen LogP contribution is -2.38. The van der Waals surface area contributed by atoms with Crippen molar-refractivity contribution in [2.45, 2.75) is 32.4 Å². The van der Waals surface area contributed by atoms with E-state index >= 15 is 0 Å². The number of aromatic carboxylic acids is 1. The minimum absolute atomic E-state index is 0.188. The number of halogens is 1. The zero-order chi connectivity index (χ0) is 21.1. The van der Waals surface area contributed by atoms with E-state index in [1.165, 1.54) is 17.7 Å². The number of anilines is 1. The van der Waals surface area contributed by atoms with Gasteiger partial charge in [-0.3, -0.25) is 4.90 Å². The Hall–Kier alpha value is -2.77. The second-order valence-electron chi connectivity index (χ2n) is 7.40. The average Bonchev–Trinajstić information content (AvgIpc) is 3.13. The van der Waals surface area contributed by atoms with E-state index in [1.807, 2.05) is 25.1 Å². The SMILES string of the molecule is CCOc1cc(CN2CCC(Nc3nc4ccc(C(=O)O)cc4o3)CC2)ccc1Cl. The summed E-state index contributed by atoms with van der Waals surface area (Å²) in [5, 5.41) is 13.1. The van der Waals surface area contributed by atoms with Gasteiger partial charge in [0.05, 0.1) is 17.2 Å². The van der Waals surface area contributed by atoms with Crippen molar-refractivity contribution in [1.29, 1.82) is 0 Å². The third kappa shape index (κ3) is 4.68. The number of rotatable bonds is 7. The Labute approximate surface area is 179 Å². The molecule has 8 heteroatoms. The fraction of sp³-hybridized carbons (Fsp3) is 0.364. The highest BCUT2D eigenvalue weighted by atomic mass is 35.5. The van der Waals surface area contributed by atoms with Crippen molar-refractivity contribution in [3.8, 4) is 5.75 Å². The number of oxazole rings is 1. The summed E-state index contributed by atoms with van der Waals surface area (Å²) < 4.78 is 11.3. The Morgan fingerprint density at radius 1 is 1.30 bits per heavy atom. The first-order valence-electron chi connectivity index (χ1n) is 10.1. The number of carbonyl (C=O) groups is 1. The number of hydrogen-bond donors (Lipinski definition) is 2. The van der Waals surface area contributed by atoms with Gasteiger partial charge < -0.3 is 19.6 Å². The Morgan fingerprint density at radius 2 is 2.10 bits per heavy atom. The lowest BCUT2D eigenvalue weighted by atomic mass is 10.0. The van der Waals surface area contributed by atoms with Gasteiger partial charge in [0, 0.05) is 25.7 Å². The van der Waals surface area contributed by atoms with E-state index in [4.69, 9.17) is 25.9 Å². The van der Waals surface area contributed by atoms with Crippen molar-refractivity contribution >= 4 is 34.7 Å². The number of ether oxygens (including phenoxy) is 1. The molecule has 1 aromatic heterocycles. The average molecular weight is 430 g/mol. The quantitative estimate of drug-likeness (QED) is 0.564. The molecule has 1 saturated heterocycles. The molecular weight excluding hydrogens is 406 g/mol. The zero-order valence-electron chi connectivity index (χ0n) is 16.7. The number of carboxylic acid groups (broad SMARTS) is 1. The predicted molar refractivity (Wildman–Crippen MR) is 116 cm³/mol. The van der Waals surface area contributed by atoms with E-state index in [9.17, 15) is 4.79 Å². The minimum Gasteiger partial charge on any atom is -0.492 e. The Kier molecular flexibility index (Phi) is 6.11. The molecule has 1 aliphatic heterocycles. The normalized spacial score (nSPS) is 15.4. The van der Waals surface area contributed by atoms with E-state index < -0.39 is 5.97 Å². The molecule has 0 unspecified atom stereocenters. The molecule has 0 saturated carbocycles. The summed E-state index contributed by atoms with van der Waals surface area (Å²) in [7, 11) is 0. The van der Waals surface area contributed by atoms with E-state index in [-0.39, 0.29) is 11.6 Å². The first-order valence-corrected chi connectivity index (χ1v) is 10.4. The van der Waals surface area contributed by atoms with Crippen molar-refractivity contribution in [2.75, 3.05) is 25.0 Å². The monoisotopic (exact) mass is 429 g/mol. The molecule has 1 fully saturated rings. The van der Waals surface area contributed by atoms with Gasteiger partial charge in [-0.2, -0.15) is 4.98 Å². The van der Waals surface area contributed by atoms with Crippen molar-refractivity contribution in [1.82, 2.24) is 9.88 Å². The van der Waals surface area contributed by atoms with Crippen molar-refractivity contribution < 1.29 is 19.1 Å². The fourth-order valence-corrected chi connectivity index (χ4v) is 3.87. The molecule has 7 nitrogen and oxygen atoms in total. The van der Waals surface area contributed by atoms with Crippen LogP contribution in [-0.4, -0.2) is 46.7 Å². The molecule has 4 rings (SSSR count). The fourth-order valence-electron chi connectivity index (χ4n) is 3.70. The highest BCUT2D eigenvalue weighted by Crippen LogP contribution is 2.27. The lowest BCUT2D eigenvalue weighted by molar-refractivity contribution is 0.0697. The topological polar surface area (TPSA) is 87.8 Å². The van der Waals surface area contributed by atoms with E-state index in [0.717, 1.165) is 38.2 Å². The van der Waals surface area contributed by atoms with Crippen LogP contribution in [0.1, 0.15) is 35.7 Å². The summed E-state index contributed by atoms with van der Waals surface area (Å²) in [6, 6.07) is 11.3. The number of benzene rings is 2. The third-order valence-electron chi connectivity index (χ3n) is 5.25. The second-order valence-corrected chi connectivity index (χ2v) is 7.81. The third-order valence-corrected chi connectivity index (χ3v) is 5.56. The molecular formula is C22H24ClN3O4. The molecule has 0 atom stereocenters. The highest BCUT2D eigenvalue weighted by Gasteiger charge is 2.21. The van der Waals surface area contributed by atoms with Gasteiger partial charge in [0.15, 0.2) is 5.58 Å². The maximum Gasteiger partial charge on any atom is 0.335 e. The van der Waals surface area contributed by atoms with Crippen molar-refractivity contribution in [2.24, 2.45) is 0 Å². The van der Waals surface area contributed by atoms with Crippen molar-refractivity contribution in [3.63, 3.8) is 0 Å². The number of aromatic nitrogens is 1. The number of fused-ring (bicyclic) bond motifs is 1. The molecule has 1 aliphatic rings. The predicted octanol–water partition coefficient (Wildman–Crippen LogP) is 4.65. The smallest absolute Gasteiger partial charge is 0.335 e. The number of nitrogens with one attached hydrogen (secondary N) is 1. The van der Waals surface area contributed by atoms with Gasteiger partial charge in [0.2, 0.25) is 0 Å². The Balaban J connectivity index is 1.33. The molecule has 30 heavy (non-hydrogen) atoms. The van der Waals surface area contributed by atoms with E-state index in [2.05, 4.69) is 15.2 Å². The molecule has 0 aliphatic carbocycles. The standard InChI is InChI=1S/C22H24ClN3O4/c1-2-29-19-11-14(3-5-17(19)23)13-26-9-7-16(8-10-26)24-22-25-18-6-4-15(21(27)28)12-20(18)30-22/h3-6,11-12,16H,2,7-10,13H2,1H3,(H,24,25)(H,27,28). The van der Waals surface area contributed by atoms with Crippen LogP contribution in [0.15, 0.2) is 40.8 Å². The van der Waals surface area contributed by atoms with Crippen LogP contribution in [0.3, 0.4) is 0 Å². The number of piperidine rings is 1. The summed E-state index contributed by atoms with van der Waals surface area (Å²) in [6.07, 6.45) is 1.93.